The molecule has 2 N–H and O–H groups in total. The van der Waals surface area contributed by atoms with Crippen LogP contribution >= 0.6 is 0 Å². The second-order valence-corrected chi connectivity index (χ2v) is 12.0. The number of hydrogen-bond acceptors (Lipinski definition) is 8. The standard InChI is InChI=1S/C34H36N6O3S/c1-3-39(4-2)29-20-26-21-36-34(37-27-16-14-24(15-17-27)30-22-35-18-19-43-30)38-32(26)40(33(29)41)23-25-10-8-9-13-31(25)44(42)28-11-6-5-7-12-28/h5-17,20-21,30,35H,3-4,18-19,22-23H2,1-2H3,(H,36,37,38). The Balaban J connectivity index is 1.38. The van der Waals surface area contributed by atoms with Gasteiger partial charge in [-0.1, -0.05) is 48.5 Å². The summed E-state index contributed by atoms with van der Waals surface area (Å²) < 4.78 is 21.2. The van der Waals surface area contributed by atoms with Gasteiger partial charge >= 0.3 is 0 Å². The molecule has 0 aliphatic carbocycles. The largest absolute Gasteiger partial charge is 0.606 e. The first kappa shape index (κ1) is 29.8. The minimum Gasteiger partial charge on any atom is -0.606 e. The van der Waals surface area contributed by atoms with Crippen molar-refractivity contribution in [3.63, 3.8) is 0 Å². The summed E-state index contributed by atoms with van der Waals surface area (Å²) in [6, 6.07) is 26.8. The normalized spacial score (nSPS) is 15.7. The quantitative estimate of drug-likeness (QED) is 0.207. The fraction of sp³-hybridized carbons (Fsp3) is 0.265. The van der Waals surface area contributed by atoms with Crippen molar-refractivity contribution >= 4 is 39.5 Å². The lowest BCUT2D eigenvalue weighted by molar-refractivity contribution is 0.0277. The third-order valence-corrected chi connectivity index (χ3v) is 9.33. The Kier molecular flexibility index (Phi) is 9.23. The molecule has 9 nitrogen and oxygen atoms in total. The lowest BCUT2D eigenvalue weighted by Crippen LogP contribution is -2.33. The summed E-state index contributed by atoms with van der Waals surface area (Å²) in [7, 11) is 0. The maximum atomic E-state index is 14.1. The number of nitrogens with one attached hydrogen (secondary N) is 2. The first-order chi connectivity index (χ1) is 21.6. The Morgan fingerprint density at radius 1 is 1.05 bits per heavy atom. The van der Waals surface area contributed by atoms with Crippen LogP contribution in [0.4, 0.5) is 17.3 Å². The number of anilines is 3. The van der Waals surface area contributed by atoms with Gasteiger partial charge in [0.1, 0.15) is 11.3 Å². The molecule has 3 heterocycles. The molecular weight excluding hydrogens is 572 g/mol. The number of nitrogens with zero attached hydrogens (tertiary/aromatic N) is 4. The van der Waals surface area contributed by atoms with E-state index < -0.39 is 11.2 Å². The molecule has 2 aromatic heterocycles. The van der Waals surface area contributed by atoms with Gasteiger partial charge in [0, 0.05) is 60.2 Å². The number of aromatic nitrogens is 3. The summed E-state index contributed by atoms with van der Waals surface area (Å²) in [6.45, 7) is 7.99. The van der Waals surface area contributed by atoms with Gasteiger partial charge in [0.25, 0.3) is 5.56 Å². The summed E-state index contributed by atoms with van der Waals surface area (Å²) in [5.41, 5.74) is 3.65. The molecule has 10 heteroatoms. The van der Waals surface area contributed by atoms with Crippen molar-refractivity contribution in [3.05, 3.63) is 113 Å². The zero-order chi connectivity index (χ0) is 30.5. The van der Waals surface area contributed by atoms with E-state index in [4.69, 9.17) is 9.72 Å². The third kappa shape index (κ3) is 6.34. The van der Waals surface area contributed by atoms with Crippen molar-refractivity contribution in [1.29, 1.82) is 0 Å². The fourth-order valence-corrected chi connectivity index (χ4v) is 6.72. The van der Waals surface area contributed by atoms with Crippen molar-refractivity contribution in [2.75, 3.05) is 43.0 Å². The summed E-state index contributed by atoms with van der Waals surface area (Å²) in [4.78, 5) is 26.9. The first-order valence-electron chi connectivity index (χ1n) is 14.9. The Hall–Kier alpha value is -4.22. The van der Waals surface area contributed by atoms with Crippen LogP contribution in [0.1, 0.15) is 31.1 Å². The predicted octanol–water partition coefficient (Wildman–Crippen LogP) is 5.26. The summed E-state index contributed by atoms with van der Waals surface area (Å²) in [5, 5.41) is 7.40. The molecule has 3 aromatic carbocycles. The molecular formula is C34H36N6O3S. The van der Waals surface area contributed by atoms with Gasteiger partial charge in [0.05, 0.1) is 19.3 Å². The van der Waals surface area contributed by atoms with E-state index in [9.17, 15) is 9.35 Å². The van der Waals surface area contributed by atoms with Gasteiger partial charge in [-0.3, -0.25) is 9.36 Å². The topological polar surface area (TPSA) is 107 Å². The Morgan fingerprint density at radius 3 is 2.52 bits per heavy atom. The van der Waals surface area contributed by atoms with Crippen LogP contribution in [-0.4, -0.2) is 51.9 Å². The van der Waals surface area contributed by atoms with E-state index in [2.05, 4.69) is 15.6 Å². The van der Waals surface area contributed by atoms with E-state index in [1.807, 2.05) is 104 Å². The molecule has 0 amide bonds. The molecule has 2 unspecified atom stereocenters. The van der Waals surface area contributed by atoms with Gasteiger partial charge < -0.3 is 24.8 Å². The molecule has 0 saturated carbocycles. The second-order valence-electron chi connectivity index (χ2n) is 10.6. The van der Waals surface area contributed by atoms with E-state index in [1.165, 1.54) is 0 Å². The number of ether oxygens (including phenoxy) is 1. The lowest BCUT2D eigenvalue weighted by atomic mass is 10.1. The molecule has 226 valence electrons. The highest BCUT2D eigenvalue weighted by Crippen LogP contribution is 2.27. The maximum absolute atomic E-state index is 14.1. The van der Waals surface area contributed by atoms with E-state index in [-0.39, 0.29) is 18.2 Å². The van der Waals surface area contributed by atoms with Crippen molar-refractivity contribution in [1.82, 2.24) is 19.9 Å². The average molecular weight is 609 g/mol. The highest BCUT2D eigenvalue weighted by atomic mass is 32.2. The molecule has 1 fully saturated rings. The van der Waals surface area contributed by atoms with Crippen molar-refractivity contribution in [2.24, 2.45) is 0 Å². The van der Waals surface area contributed by atoms with Gasteiger partial charge in [-0.05, 0) is 55.8 Å². The molecule has 6 rings (SSSR count). The van der Waals surface area contributed by atoms with Crippen LogP contribution in [0.15, 0.2) is 106 Å². The predicted molar refractivity (Wildman–Crippen MR) is 175 cm³/mol. The molecule has 0 bridgehead atoms. The van der Waals surface area contributed by atoms with Crippen molar-refractivity contribution < 1.29 is 9.29 Å². The third-order valence-electron chi connectivity index (χ3n) is 7.84. The molecule has 2 atom stereocenters. The first-order valence-corrected chi connectivity index (χ1v) is 16.1. The van der Waals surface area contributed by atoms with Crippen molar-refractivity contribution in [3.8, 4) is 0 Å². The van der Waals surface area contributed by atoms with E-state index >= 15 is 0 Å². The number of rotatable bonds is 10. The molecule has 44 heavy (non-hydrogen) atoms. The van der Waals surface area contributed by atoms with E-state index in [1.54, 1.807) is 10.8 Å². The molecule has 1 aliphatic rings. The van der Waals surface area contributed by atoms with Gasteiger partial charge in [-0.2, -0.15) is 4.98 Å². The number of fused-ring (bicyclic) bond motifs is 1. The number of pyridine rings is 1. The molecule has 5 aromatic rings. The van der Waals surface area contributed by atoms with Crippen LogP contribution in [0.5, 0.6) is 0 Å². The van der Waals surface area contributed by atoms with Crippen LogP contribution in [0.3, 0.4) is 0 Å². The molecule has 1 aliphatic heterocycles. The minimum absolute atomic E-state index is 0.0308. The highest BCUT2D eigenvalue weighted by molar-refractivity contribution is 7.91. The summed E-state index contributed by atoms with van der Waals surface area (Å²) in [5.74, 6) is 0.380. The molecule has 0 spiro atoms. The zero-order valence-electron chi connectivity index (χ0n) is 24.9. The van der Waals surface area contributed by atoms with Gasteiger partial charge in [-0.25, -0.2) is 4.98 Å². The second kappa shape index (κ2) is 13.6. The fourth-order valence-electron chi connectivity index (χ4n) is 5.49. The Morgan fingerprint density at radius 2 is 1.80 bits per heavy atom. The van der Waals surface area contributed by atoms with E-state index in [0.717, 1.165) is 35.3 Å². The van der Waals surface area contributed by atoms with Crippen LogP contribution < -0.4 is 21.1 Å². The van der Waals surface area contributed by atoms with Crippen LogP contribution in [0.2, 0.25) is 0 Å². The highest BCUT2D eigenvalue weighted by Gasteiger charge is 2.22. The number of benzene rings is 3. The lowest BCUT2D eigenvalue weighted by Gasteiger charge is -2.24. The zero-order valence-corrected chi connectivity index (χ0v) is 25.7. The Bertz CT molecular complexity index is 1770. The SMILES string of the molecule is CCN(CC)c1cc2cnc(Nc3ccc(C4CNCCO4)cc3)nc2n(Cc2ccccc2[S+]([O-])c2ccccc2)c1=O. The van der Waals surface area contributed by atoms with Crippen molar-refractivity contribution in [2.45, 2.75) is 36.3 Å². The summed E-state index contributed by atoms with van der Waals surface area (Å²) in [6.07, 6.45) is 1.78. The van der Waals surface area contributed by atoms with Crippen LogP contribution in [0.25, 0.3) is 11.0 Å². The van der Waals surface area contributed by atoms with Crippen LogP contribution in [-0.2, 0) is 22.5 Å². The minimum atomic E-state index is -1.41. The number of morpholine rings is 1. The summed E-state index contributed by atoms with van der Waals surface area (Å²) >= 11 is -1.41. The van der Waals surface area contributed by atoms with Gasteiger partial charge in [0.15, 0.2) is 9.79 Å². The van der Waals surface area contributed by atoms with Crippen LogP contribution in [0, 0.1) is 0 Å². The maximum Gasteiger partial charge on any atom is 0.276 e. The van der Waals surface area contributed by atoms with Gasteiger partial charge in [-0.15, -0.1) is 0 Å². The smallest absolute Gasteiger partial charge is 0.276 e. The number of hydrogen-bond donors (Lipinski definition) is 2. The average Bonchev–Trinajstić information content (AvgIpc) is 3.08. The monoisotopic (exact) mass is 608 g/mol. The Labute approximate surface area is 260 Å². The molecule has 1 saturated heterocycles. The van der Waals surface area contributed by atoms with Gasteiger partial charge in [0.2, 0.25) is 5.95 Å². The molecule has 0 radical (unpaired) electrons. The van der Waals surface area contributed by atoms with E-state index in [0.29, 0.717) is 46.8 Å².